The molecule has 3 aromatic heterocycles. The van der Waals surface area contributed by atoms with Crippen LogP contribution in [-0.2, 0) is 6.54 Å². The molecule has 0 bridgehead atoms. The first-order valence-corrected chi connectivity index (χ1v) is 9.72. The lowest BCUT2D eigenvalue weighted by Gasteiger charge is -2.28. The maximum absolute atomic E-state index is 9.62. The highest BCUT2D eigenvalue weighted by atomic mass is 16.3. The number of aliphatic hydroxyl groups is 1. The summed E-state index contributed by atoms with van der Waals surface area (Å²) in [6, 6.07) is 10.3. The van der Waals surface area contributed by atoms with Crippen LogP contribution in [0, 0.1) is 5.92 Å². The molecule has 0 aliphatic heterocycles. The molecule has 146 valence electrons. The zero-order valence-electron chi connectivity index (χ0n) is 15.8. The lowest BCUT2D eigenvalue weighted by Crippen LogP contribution is -2.33. The Hall–Kier alpha value is -3.39. The second-order valence-electron chi connectivity index (χ2n) is 7.32. The molecule has 0 spiro atoms. The van der Waals surface area contributed by atoms with Gasteiger partial charge in [-0.05, 0) is 36.6 Å². The van der Waals surface area contributed by atoms with Gasteiger partial charge in [-0.15, -0.1) is 5.10 Å². The van der Waals surface area contributed by atoms with Gasteiger partial charge in [-0.25, -0.2) is 14.6 Å². The number of pyridine rings is 1. The van der Waals surface area contributed by atoms with E-state index in [0.717, 1.165) is 29.3 Å². The van der Waals surface area contributed by atoms with Gasteiger partial charge in [0.1, 0.15) is 5.82 Å². The van der Waals surface area contributed by atoms with E-state index >= 15 is 0 Å². The maximum atomic E-state index is 9.62. The third-order valence-electron chi connectivity index (χ3n) is 5.36. The van der Waals surface area contributed by atoms with Gasteiger partial charge in [0.2, 0.25) is 5.65 Å². The molecule has 5 rings (SSSR count). The van der Waals surface area contributed by atoms with Crippen LogP contribution in [0.15, 0.2) is 54.9 Å². The number of nitrogens with one attached hydrogen (secondary N) is 1. The summed E-state index contributed by atoms with van der Waals surface area (Å²) in [7, 11) is 0. The molecule has 4 aromatic rings. The van der Waals surface area contributed by atoms with Crippen molar-refractivity contribution in [3.63, 3.8) is 0 Å². The smallest absolute Gasteiger partial charge is 0.221 e. The Morgan fingerprint density at radius 1 is 1.14 bits per heavy atom. The average Bonchev–Trinajstić information content (AvgIpc) is 3.16. The molecular weight excluding hydrogens is 366 g/mol. The number of hydrogen-bond donors (Lipinski definition) is 2. The van der Waals surface area contributed by atoms with E-state index in [0.29, 0.717) is 23.7 Å². The summed E-state index contributed by atoms with van der Waals surface area (Å²) in [4.78, 5) is 13.5. The number of benzene rings is 1. The Bertz CT molecular complexity index is 1190. The van der Waals surface area contributed by atoms with Crippen LogP contribution < -0.4 is 5.32 Å². The van der Waals surface area contributed by atoms with E-state index < -0.39 is 0 Å². The fourth-order valence-corrected chi connectivity index (χ4v) is 3.77. The van der Waals surface area contributed by atoms with Gasteiger partial charge in [-0.1, -0.05) is 29.5 Å². The number of aromatic nitrogens is 6. The van der Waals surface area contributed by atoms with E-state index in [1.807, 2.05) is 24.3 Å². The Morgan fingerprint density at radius 3 is 3.00 bits per heavy atom. The van der Waals surface area contributed by atoms with E-state index in [2.05, 4.69) is 43.8 Å². The van der Waals surface area contributed by atoms with Crippen molar-refractivity contribution in [1.82, 2.24) is 29.9 Å². The third-order valence-corrected chi connectivity index (χ3v) is 5.36. The van der Waals surface area contributed by atoms with Crippen LogP contribution >= 0.6 is 0 Å². The molecule has 1 aliphatic carbocycles. The van der Waals surface area contributed by atoms with Gasteiger partial charge in [0.25, 0.3) is 0 Å². The third kappa shape index (κ3) is 3.54. The Morgan fingerprint density at radius 2 is 2.07 bits per heavy atom. The largest absolute Gasteiger partial charge is 0.396 e. The van der Waals surface area contributed by atoms with Crippen molar-refractivity contribution in [2.24, 2.45) is 5.92 Å². The topological polar surface area (TPSA) is 102 Å². The van der Waals surface area contributed by atoms with Crippen LogP contribution in [0.3, 0.4) is 0 Å². The number of rotatable bonds is 5. The van der Waals surface area contributed by atoms with Crippen molar-refractivity contribution in [3.05, 3.63) is 60.4 Å². The van der Waals surface area contributed by atoms with Crippen LogP contribution in [0.25, 0.3) is 22.2 Å². The van der Waals surface area contributed by atoms with Crippen molar-refractivity contribution in [3.8, 4) is 0 Å². The zero-order chi connectivity index (χ0) is 19.6. The molecule has 3 heterocycles. The minimum atomic E-state index is 0.133. The Balaban J connectivity index is 1.42. The predicted molar refractivity (Wildman–Crippen MR) is 110 cm³/mol. The van der Waals surface area contributed by atoms with Gasteiger partial charge in [-0.2, -0.15) is 0 Å². The zero-order valence-corrected chi connectivity index (χ0v) is 15.8. The first-order chi connectivity index (χ1) is 14.3. The molecule has 8 nitrogen and oxygen atoms in total. The lowest BCUT2D eigenvalue weighted by molar-refractivity contribution is 0.207. The van der Waals surface area contributed by atoms with Crippen LogP contribution in [0.5, 0.6) is 0 Å². The second-order valence-corrected chi connectivity index (χ2v) is 7.32. The summed E-state index contributed by atoms with van der Waals surface area (Å²) in [5.74, 6) is 0.842. The molecule has 2 atom stereocenters. The van der Waals surface area contributed by atoms with E-state index in [4.69, 9.17) is 4.98 Å². The highest BCUT2D eigenvalue weighted by Gasteiger charge is 2.22. The lowest BCUT2D eigenvalue weighted by atomic mass is 9.90. The SMILES string of the molecule is OC[C@@H]1CC=CC[C@@H]1Nc1cnc2nnn(Cc3ccc4ncccc4c3)c2n1. The summed E-state index contributed by atoms with van der Waals surface area (Å²) >= 11 is 0. The number of fused-ring (bicyclic) bond motifs is 2. The molecule has 0 saturated carbocycles. The van der Waals surface area contributed by atoms with E-state index in [1.54, 1.807) is 17.1 Å². The molecule has 0 unspecified atom stereocenters. The summed E-state index contributed by atoms with van der Waals surface area (Å²) in [6.45, 7) is 0.693. The molecule has 1 aromatic carbocycles. The molecule has 0 radical (unpaired) electrons. The standard InChI is InChI=1S/C21H21N7O/c29-13-16-4-1-2-6-18(16)24-19-11-23-20-21(25-19)28(27-26-20)12-14-7-8-17-15(10-14)5-3-9-22-17/h1-3,5,7-11,16,18,29H,4,6,12-13H2,(H,24,25)/t16-,18-/m0/s1. The van der Waals surface area contributed by atoms with E-state index in [9.17, 15) is 5.11 Å². The molecule has 0 fully saturated rings. The monoisotopic (exact) mass is 387 g/mol. The number of aliphatic hydroxyl groups excluding tert-OH is 1. The molecular formula is C21H21N7O. The number of allylic oxidation sites excluding steroid dienone is 1. The van der Waals surface area contributed by atoms with Gasteiger partial charge < -0.3 is 10.4 Å². The second kappa shape index (κ2) is 7.56. The summed E-state index contributed by atoms with van der Waals surface area (Å²) in [6.07, 6.45) is 9.44. The molecule has 0 saturated heterocycles. The molecule has 2 N–H and O–H groups in total. The van der Waals surface area contributed by atoms with Crippen molar-refractivity contribution in [2.45, 2.75) is 25.4 Å². The summed E-state index contributed by atoms with van der Waals surface area (Å²) < 4.78 is 1.76. The minimum absolute atomic E-state index is 0.133. The van der Waals surface area contributed by atoms with Crippen LogP contribution in [-0.4, -0.2) is 47.7 Å². The van der Waals surface area contributed by atoms with Crippen LogP contribution in [0.1, 0.15) is 18.4 Å². The summed E-state index contributed by atoms with van der Waals surface area (Å²) in [5.41, 5.74) is 3.20. The van der Waals surface area contributed by atoms with Gasteiger partial charge in [0.15, 0.2) is 5.65 Å². The Kier molecular flexibility index (Phi) is 4.61. The van der Waals surface area contributed by atoms with Crippen molar-refractivity contribution < 1.29 is 5.11 Å². The molecule has 29 heavy (non-hydrogen) atoms. The number of anilines is 1. The normalized spacial score (nSPS) is 19.1. The quantitative estimate of drug-likeness (QED) is 0.508. The highest BCUT2D eigenvalue weighted by Crippen LogP contribution is 2.22. The van der Waals surface area contributed by atoms with Crippen molar-refractivity contribution >= 4 is 28.0 Å². The van der Waals surface area contributed by atoms with E-state index in [-0.39, 0.29) is 18.6 Å². The fourth-order valence-electron chi connectivity index (χ4n) is 3.77. The van der Waals surface area contributed by atoms with Gasteiger partial charge >= 0.3 is 0 Å². The highest BCUT2D eigenvalue weighted by molar-refractivity contribution is 5.79. The number of hydrogen-bond acceptors (Lipinski definition) is 7. The van der Waals surface area contributed by atoms with Gasteiger partial charge in [0, 0.05) is 30.1 Å². The predicted octanol–water partition coefficient (Wildman–Crippen LogP) is 2.56. The molecule has 0 amide bonds. The number of nitrogens with zero attached hydrogens (tertiary/aromatic N) is 6. The van der Waals surface area contributed by atoms with Crippen LogP contribution in [0.4, 0.5) is 5.82 Å². The van der Waals surface area contributed by atoms with Crippen molar-refractivity contribution in [2.75, 3.05) is 11.9 Å². The average molecular weight is 387 g/mol. The van der Waals surface area contributed by atoms with Crippen LogP contribution in [0.2, 0.25) is 0 Å². The summed E-state index contributed by atoms with van der Waals surface area (Å²) in [5, 5.41) is 22.5. The maximum Gasteiger partial charge on any atom is 0.221 e. The Labute approximate surface area is 167 Å². The first-order valence-electron chi connectivity index (χ1n) is 9.72. The first kappa shape index (κ1) is 17.7. The molecule has 8 heteroatoms. The van der Waals surface area contributed by atoms with Gasteiger partial charge in [-0.3, -0.25) is 4.98 Å². The fraction of sp³-hybridized carbons (Fsp3) is 0.286. The van der Waals surface area contributed by atoms with Crippen molar-refractivity contribution in [1.29, 1.82) is 0 Å². The minimum Gasteiger partial charge on any atom is -0.396 e. The molecule has 1 aliphatic rings. The van der Waals surface area contributed by atoms with E-state index in [1.165, 1.54) is 0 Å². The van der Waals surface area contributed by atoms with Gasteiger partial charge in [0.05, 0.1) is 18.3 Å².